The van der Waals surface area contributed by atoms with Gasteiger partial charge in [0.1, 0.15) is 17.5 Å². The van der Waals surface area contributed by atoms with Crippen LogP contribution in [-0.4, -0.2) is 36.3 Å². The van der Waals surface area contributed by atoms with Crippen molar-refractivity contribution in [3.8, 4) is 11.5 Å². The lowest BCUT2D eigenvalue weighted by molar-refractivity contribution is -0.139. The molecule has 1 aliphatic heterocycles. The van der Waals surface area contributed by atoms with Crippen molar-refractivity contribution in [2.45, 2.75) is 33.2 Å². The van der Waals surface area contributed by atoms with Crippen LogP contribution in [0, 0.1) is 0 Å². The Morgan fingerprint density at radius 1 is 1.11 bits per heavy atom. The van der Waals surface area contributed by atoms with E-state index in [2.05, 4.69) is 4.99 Å². The number of allylic oxidation sites excluding steroid dienone is 1. The Balaban J connectivity index is 1.84. The third-order valence-corrected chi connectivity index (χ3v) is 6.73. The predicted octanol–water partition coefficient (Wildman–Crippen LogP) is 2.45. The maximum Gasteiger partial charge on any atom is 0.338 e. The van der Waals surface area contributed by atoms with Crippen molar-refractivity contribution < 1.29 is 23.8 Å². The Morgan fingerprint density at radius 2 is 1.84 bits per heavy atom. The number of nitrogens with zero attached hydrogens (tertiary/aromatic N) is 2. The highest BCUT2D eigenvalue weighted by molar-refractivity contribution is 7.07. The van der Waals surface area contributed by atoms with Crippen LogP contribution in [-0.2, 0) is 14.3 Å². The van der Waals surface area contributed by atoms with Crippen molar-refractivity contribution in [3.05, 3.63) is 90.6 Å². The summed E-state index contributed by atoms with van der Waals surface area (Å²) in [4.78, 5) is 43.0. The van der Waals surface area contributed by atoms with Crippen LogP contribution in [0.2, 0.25) is 0 Å². The van der Waals surface area contributed by atoms with Gasteiger partial charge in [-0.1, -0.05) is 48.6 Å². The molecule has 1 aromatic heterocycles. The highest BCUT2D eigenvalue weighted by Gasteiger charge is 2.35. The van der Waals surface area contributed by atoms with Crippen molar-refractivity contribution in [2.75, 3.05) is 19.8 Å². The monoisotopic (exact) mass is 535 g/mol. The second-order valence-corrected chi connectivity index (χ2v) is 9.52. The molecule has 198 valence electrons. The average molecular weight is 536 g/mol. The standard InChI is InChI=1S/C28H29N3O6S/c1-4-14-36-21-9-7-6-8-20(21)25-24(27(34)35-5-2)17(3)30-28-31(25)26(33)22(38-28)15-18-10-12-19(13-11-18)37-16-23(29)32/h6-13,15,25H,4-5,14,16H2,1-3H3,(H2,29,32)/b22-15+. The number of fused-ring (bicyclic) bond motifs is 1. The average Bonchev–Trinajstić information content (AvgIpc) is 3.20. The van der Waals surface area contributed by atoms with E-state index < -0.39 is 17.9 Å². The summed E-state index contributed by atoms with van der Waals surface area (Å²) in [6.07, 6.45) is 2.56. The van der Waals surface area contributed by atoms with E-state index in [0.29, 0.717) is 44.3 Å². The van der Waals surface area contributed by atoms with Crippen molar-refractivity contribution in [2.24, 2.45) is 10.7 Å². The number of rotatable bonds is 10. The Labute approximate surface area is 223 Å². The first-order valence-electron chi connectivity index (χ1n) is 12.3. The van der Waals surface area contributed by atoms with Gasteiger partial charge in [-0.05, 0) is 50.1 Å². The molecule has 10 heteroatoms. The lowest BCUT2D eigenvalue weighted by atomic mass is 9.95. The molecule has 9 nitrogen and oxygen atoms in total. The fraction of sp³-hybridized carbons (Fsp3) is 0.286. The van der Waals surface area contributed by atoms with E-state index in [0.717, 1.165) is 12.0 Å². The Hall–Kier alpha value is -4.18. The third-order valence-electron chi connectivity index (χ3n) is 5.75. The fourth-order valence-corrected chi connectivity index (χ4v) is 5.15. The van der Waals surface area contributed by atoms with Crippen LogP contribution in [0.1, 0.15) is 44.4 Å². The minimum Gasteiger partial charge on any atom is -0.493 e. The van der Waals surface area contributed by atoms with Crippen molar-refractivity contribution in [1.82, 2.24) is 4.57 Å². The van der Waals surface area contributed by atoms with Crippen molar-refractivity contribution >= 4 is 29.3 Å². The van der Waals surface area contributed by atoms with E-state index in [9.17, 15) is 14.4 Å². The number of benzene rings is 2. The number of nitrogens with two attached hydrogens (primary N) is 1. The maximum atomic E-state index is 13.8. The van der Waals surface area contributed by atoms with E-state index in [4.69, 9.17) is 19.9 Å². The zero-order chi connectivity index (χ0) is 27.2. The molecule has 38 heavy (non-hydrogen) atoms. The first-order chi connectivity index (χ1) is 18.3. The molecule has 0 bridgehead atoms. The van der Waals surface area contributed by atoms with E-state index in [1.807, 2.05) is 31.2 Å². The van der Waals surface area contributed by atoms with Crippen LogP contribution in [0.25, 0.3) is 6.08 Å². The number of aromatic nitrogens is 1. The summed E-state index contributed by atoms with van der Waals surface area (Å²) in [6, 6.07) is 13.6. The molecule has 2 aromatic carbocycles. The molecular weight excluding hydrogens is 506 g/mol. The van der Waals surface area contributed by atoms with E-state index >= 15 is 0 Å². The topological polar surface area (TPSA) is 122 Å². The van der Waals surface area contributed by atoms with Gasteiger partial charge in [0.25, 0.3) is 11.5 Å². The summed E-state index contributed by atoms with van der Waals surface area (Å²) >= 11 is 1.24. The van der Waals surface area contributed by atoms with Crippen molar-refractivity contribution in [1.29, 1.82) is 0 Å². The number of carbonyl (C=O) groups excluding carboxylic acids is 2. The number of carbonyl (C=O) groups is 2. The molecule has 1 aliphatic rings. The van der Waals surface area contributed by atoms with Crippen LogP contribution >= 0.6 is 11.3 Å². The van der Waals surface area contributed by atoms with Crippen molar-refractivity contribution in [3.63, 3.8) is 0 Å². The van der Waals surface area contributed by atoms with Gasteiger partial charge in [0.05, 0.1) is 29.0 Å². The molecule has 4 rings (SSSR count). The predicted molar refractivity (Wildman–Crippen MR) is 144 cm³/mol. The molecule has 0 saturated heterocycles. The second kappa shape index (κ2) is 11.9. The van der Waals surface area contributed by atoms with Gasteiger partial charge in [-0.25, -0.2) is 9.79 Å². The van der Waals surface area contributed by atoms with Crippen LogP contribution in [0.4, 0.5) is 0 Å². The molecule has 1 amide bonds. The highest BCUT2D eigenvalue weighted by Crippen LogP contribution is 2.35. The summed E-state index contributed by atoms with van der Waals surface area (Å²) in [5, 5.41) is 0. The molecule has 1 atom stereocenters. The zero-order valence-electron chi connectivity index (χ0n) is 21.4. The largest absolute Gasteiger partial charge is 0.493 e. The lowest BCUT2D eigenvalue weighted by Crippen LogP contribution is -2.40. The summed E-state index contributed by atoms with van der Waals surface area (Å²) < 4.78 is 18.7. The fourth-order valence-electron chi connectivity index (χ4n) is 4.10. The molecule has 0 fully saturated rings. The Bertz CT molecular complexity index is 1550. The molecule has 0 saturated carbocycles. The normalized spacial score (nSPS) is 15.0. The van der Waals surface area contributed by atoms with Gasteiger partial charge in [-0.2, -0.15) is 0 Å². The third kappa shape index (κ3) is 5.70. The maximum absolute atomic E-state index is 13.8. The zero-order valence-corrected chi connectivity index (χ0v) is 22.2. The molecule has 2 N–H and O–H groups in total. The number of primary amides is 1. The lowest BCUT2D eigenvalue weighted by Gasteiger charge is -2.26. The van der Waals surface area contributed by atoms with Crippen LogP contribution < -0.4 is 30.1 Å². The molecule has 0 aliphatic carbocycles. The SMILES string of the molecule is CCCOc1ccccc1C1C(C(=O)OCC)=C(C)N=c2s/c(=C/c3ccc(OCC(N)=O)cc3)c(=O)n21. The van der Waals surface area contributed by atoms with Crippen LogP contribution in [0.15, 0.2) is 69.6 Å². The second-order valence-electron chi connectivity index (χ2n) is 8.51. The molecule has 1 unspecified atom stereocenters. The van der Waals surface area contributed by atoms with Crippen LogP contribution in [0.3, 0.4) is 0 Å². The number of para-hydroxylation sites is 1. The molecular formula is C28H29N3O6S. The van der Waals surface area contributed by atoms with E-state index in [1.54, 1.807) is 44.2 Å². The first kappa shape index (κ1) is 26.9. The number of amides is 1. The van der Waals surface area contributed by atoms with E-state index in [1.165, 1.54) is 15.9 Å². The van der Waals surface area contributed by atoms with E-state index in [-0.39, 0.29) is 18.8 Å². The quantitative estimate of drug-likeness (QED) is 0.398. The van der Waals surface area contributed by atoms with Gasteiger partial charge in [-0.15, -0.1) is 0 Å². The number of esters is 1. The number of ether oxygens (including phenoxy) is 3. The van der Waals surface area contributed by atoms with Crippen LogP contribution in [0.5, 0.6) is 11.5 Å². The van der Waals surface area contributed by atoms with Gasteiger partial charge in [-0.3, -0.25) is 14.2 Å². The minimum atomic E-state index is -0.759. The first-order valence-corrected chi connectivity index (χ1v) is 13.1. The minimum absolute atomic E-state index is 0.194. The van der Waals surface area contributed by atoms with Gasteiger partial charge >= 0.3 is 5.97 Å². The Kier molecular flexibility index (Phi) is 8.42. The number of thiazole rings is 1. The molecule has 0 radical (unpaired) electrons. The summed E-state index contributed by atoms with van der Waals surface area (Å²) in [6.45, 7) is 5.96. The summed E-state index contributed by atoms with van der Waals surface area (Å²) in [7, 11) is 0. The van der Waals surface area contributed by atoms with Gasteiger partial charge in [0.15, 0.2) is 11.4 Å². The Morgan fingerprint density at radius 3 is 2.53 bits per heavy atom. The van der Waals surface area contributed by atoms with Gasteiger partial charge < -0.3 is 19.9 Å². The smallest absolute Gasteiger partial charge is 0.338 e. The highest BCUT2D eigenvalue weighted by atomic mass is 32.1. The molecule has 0 spiro atoms. The number of hydrogen-bond donors (Lipinski definition) is 1. The van der Waals surface area contributed by atoms with Gasteiger partial charge in [0, 0.05) is 5.56 Å². The summed E-state index contributed by atoms with van der Waals surface area (Å²) in [5.74, 6) is -0.00783. The number of hydrogen-bond acceptors (Lipinski definition) is 8. The van der Waals surface area contributed by atoms with Gasteiger partial charge in [0.2, 0.25) is 0 Å². The molecule has 2 heterocycles. The summed E-state index contributed by atoms with van der Waals surface area (Å²) in [5.41, 5.74) is 7.07. The molecule has 3 aromatic rings.